The van der Waals surface area contributed by atoms with E-state index < -0.39 is 0 Å². The molecule has 0 saturated heterocycles. The van der Waals surface area contributed by atoms with Crippen molar-refractivity contribution in [3.8, 4) is 5.88 Å². The second kappa shape index (κ2) is 8.32. The molecule has 2 heterocycles. The van der Waals surface area contributed by atoms with Crippen LogP contribution in [0.4, 0.5) is 0 Å². The van der Waals surface area contributed by atoms with Crippen LogP contribution in [0.5, 0.6) is 5.88 Å². The molecule has 184 valence electrons. The zero-order chi connectivity index (χ0) is 24.2. The fraction of sp³-hybridized carbons (Fsp3) is 0.571. The summed E-state index contributed by atoms with van der Waals surface area (Å²) in [5.41, 5.74) is 3.96. The Hall–Kier alpha value is -2.96. The molecule has 6 rings (SSSR count). The summed E-state index contributed by atoms with van der Waals surface area (Å²) in [6.07, 6.45) is 19.9. The SMILES string of the molecule is COc1cn(C2=CCC3C4CC=C5C[C@@H](NC(=O)c6ccnnc6)CC[C@]5(C)C4CC[C@]23C)cn1. The predicted octanol–water partition coefficient (Wildman–Crippen LogP) is 4.89. The van der Waals surface area contributed by atoms with E-state index in [0.717, 1.165) is 32.1 Å². The Balaban J connectivity index is 1.19. The van der Waals surface area contributed by atoms with Crippen LogP contribution in [0.3, 0.4) is 0 Å². The van der Waals surface area contributed by atoms with Crippen molar-refractivity contribution in [1.82, 2.24) is 25.1 Å². The van der Waals surface area contributed by atoms with Crippen LogP contribution in [-0.4, -0.2) is 38.8 Å². The van der Waals surface area contributed by atoms with E-state index in [-0.39, 0.29) is 22.8 Å². The topological polar surface area (TPSA) is 81.9 Å². The van der Waals surface area contributed by atoms with Gasteiger partial charge in [-0.15, -0.1) is 0 Å². The van der Waals surface area contributed by atoms with E-state index in [1.54, 1.807) is 24.9 Å². The molecular formula is C28H35N5O2. The molecule has 2 fully saturated rings. The van der Waals surface area contributed by atoms with Crippen molar-refractivity contribution in [1.29, 1.82) is 0 Å². The van der Waals surface area contributed by atoms with Gasteiger partial charge in [0.2, 0.25) is 5.88 Å². The first-order valence-corrected chi connectivity index (χ1v) is 13.0. The number of fused-ring (bicyclic) bond motifs is 5. The molecule has 7 heteroatoms. The molecule has 3 unspecified atom stereocenters. The molecule has 4 aliphatic rings. The largest absolute Gasteiger partial charge is 0.480 e. The second-order valence-corrected chi connectivity index (χ2v) is 11.4. The molecule has 0 aliphatic heterocycles. The van der Waals surface area contributed by atoms with Crippen molar-refractivity contribution in [2.75, 3.05) is 7.11 Å². The van der Waals surface area contributed by atoms with Gasteiger partial charge >= 0.3 is 0 Å². The number of amides is 1. The molecule has 0 bridgehead atoms. The summed E-state index contributed by atoms with van der Waals surface area (Å²) in [7, 11) is 1.68. The van der Waals surface area contributed by atoms with Crippen molar-refractivity contribution >= 4 is 11.6 Å². The molecule has 0 aromatic carbocycles. The number of carbonyl (C=O) groups excluding carboxylic acids is 1. The molecule has 0 spiro atoms. The van der Waals surface area contributed by atoms with E-state index in [1.807, 2.05) is 12.5 Å². The van der Waals surface area contributed by atoms with Crippen molar-refractivity contribution in [2.45, 2.75) is 64.8 Å². The molecule has 2 saturated carbocycles. The molecule has 2 aromatic heterocycles. The molecule has 1 N–H and O–H groups in total. The van der Waals surface area contributed by atoms with Gasteiger partial charge in [0.1, 0.15) is 6.33 Å². The lowest BCUT2D eigenvalue weighted by molar-refractivity contribution is -0.0137. The molecule has 2 aromatic rings. The van der Waals surface area contributed by atoms with E-state index in [1.165, 1.54) is 24.7 Å². The maximum absolute atomic E-state index is 12.7. The number of methoxy groups -OCH3 is 1. The number of hydrogen-bond donors (Lipinski definition) is 1. The zero-order valence-corrected chi connectivity index (χ0v) is 20.9. The van der Waals surface area contributed by atoms with Gasteiger partial charge < -0.3 is 14.6 Å². The van der Waals surface area contributed by atoms with E-state index in [2.05, 4.69) is 51.1 Å². The third-order valence-electron chi connectivity index (χ3n) is 9.87. The molecule has 35 heavy (non-hydrogen) atoms. The van der Waals surface area contributed by atoms with Crippen LogP contribution >= 0.6 is 0 Å². The van der Waals surface area contributed by atoms with Gasteiger partial charge in [0.25, 0.3) is 5.91 Å². The Morgan fingerprint density at radius 3 is 2.74 bits per heavy atom. The van der Waals surface area contributed by atoms with Crippen LogP contribution in [-0.2, 0) is 0 Å². The van der Waals surface area contributed by atoms with Gasteiger partial charge in [-0.1, -0.05) is 31.6 Å². The molecule has 1 amide bonds. The molecule has 7 nitrogen and oxygen atoms in total. The van der Waals surface area contributed by atoms with Crippen LogP contribution in [0.2, 0.25) is 0 Å². The fourth-order valence-electron chi connectivity index (χ4n) is 7.96. The summed E-state index contributed by atoms with van der Waals surface area (Å²) in [5, 5.41) is 10.9. The lowest BCUT2D eigenvalue weighted by Crippen LogP contribution is -2.51. The summed E-state index contributed by atoms with van der Waals surface area (Å²) in [5.74, 6) is 2.71. The highest BCUT2D eigenvalue weighted by Gasteiger charge is 2.57. The summed E-state index contributed by atoms with van der Waals surface area (Å²) in [4.78, 5) is 17.1. The number of hydrogen-bond acceptors (Lipinski definition) is 5. The quantitative estimate of drug-likeness (QED) is 0.639. The maximum atomic E-state index is 12.7. The number of rotatable bonds is 4. The zero-order valence-electron chi connectivity index (χ0n) is 20.9. The van der Waals surface area contributed by atoms with Crippen LogP contribution in [0, 0.1) is 28.6 Å². The van der Waals surface area contributed by atoms with Crippen LogP contribution in [0.25, 0.3) is 5.70 Å². The molecule has 0 radical (unpaired) electrons. The standard InChI is InChI=1S/C28H35N5O2/c1-27-11-8-20(32-26(34)18-10-13-30-31-15-18)14-19(27)4-5-21-22-6-7-24(28(22,2)12-9-23(21)27)33-16-25(35-3)29-17-33/h4,7,10,13,15-17,20-23H,5-6,8-9,11-12,14H2,1-3H3,(H,32,34)/t20-,21?,22?,23?,27-,28-/m0/s1. The third kappa shape index (κ3) is 3.54. The normalized spacial score (nSPS) is 35.7. The first-order chi connectivity index (χ1) is 16.9. The molecule has 6 atom stereocenters. The van der Waals surface area contributed by atoms with Crippen LogP contribution in [0.15, 0.2) is 48.7 Å². The van der Waals surface area contributed by atoms with Gasteiger partial charge in [0.05, 0.1) is 31.3 Å². The fourth-order valence-corrected chi connectivity index (χ4v) is 7.96. The average molecular weight is 474 g/mol. The highest BCUT2D eigenvalue weighted by atomic mass is 16.5. The number of nitrogens with zero attached hydrogens (tertiary/aromatic N) is 4. The Labute approximate surface area is 207 Å². The predicted molar refractivity (Wildman–Crippen MR) is 133 cm³/mol. The number of carbonyl (C=O) groups is 1. The summed E-state index contributed by atoms with van der Waals surface area (Å²) in [6.45, 7) is 4.98. The minimum Gasteiger partial charge on any atom is -0.480 e. The van der Waals surface area contributed by atoms with E-state index in [9.17, 15) is 4.79 Å². The second-order valence-electron chi connectivity index (χ2n) is 11.4. The average Bonchev–Trinajstić information content (AvgIpc) is 3.48. The van der Waals surface area contributed by atoms with Gasteiger partial charge in [-0.05, 0) is 74.2 Å². The van der Waals surface area contributed by atoms with Crippen molar-refractivity contribution in [3.63, 3.8) is 0 Å². The summed E-state index contributed by atoms with van der Waals surface area (Å²) >= 11 is 0. The van der Waals surface area contributed by atoms with Gasteiger partial charge in [0, 0.05) is 17.2 Å². The number of aromatic nitrogens is 4. The van der Waals surface area contributed by atoms with Gasteiger partial charge in [-0.25, -0.2) is 4.98 Å². The van der Waals surface area contributed by atoms with Gasteiger partial charge in [-0.2, -0.15) is 10.2 Å². The highest BCUT2D eigenvalue weighted by molar-refractivity contribution is 5.93. The first-order valence-electron chi connectivity index (χ1n) is 13.0. The van der Waals surface area contributed by atoms with Crippen LogP contribution < -0.4 is 10.1 Å². The Bertz CT molecular complexity index is 1190. The number of allylic oxidation sites excluding steroid dienone is 3. The lowest BCUT2D eigenvalue weighted by Gasteiger charge is -2.58. The van der Waals surface area contributed by atoms with Crippen molar-refractivity contribution < 1.29 is 9.53 Å². The van der Waals surface area contributed by atoms with E-state index in [0.29, 0.717) is 29.2 Å². The Morgan fingerprint density at radius 1 is 1.11 bits per heavy atom. The third-order valence-corrected chi connectivity index (χ3v) is 9.87. The van der Waals surface area contributed by atoms with Crippen LogP contribution in [0.1, 0.15) is 69.2 Å². The van der Waals surface area contributed by atoms with Crippen molar-refractivity contribution in [2.24, 2.45) is 28.6 Å². The Kier molecular flexibility index (Phi) is 5.35. The highest BCUT2D eigenvalue weighted by Crippen LogP contribution is 2.65. The smallest absolute Gasteiger partial charge is 0.253 e. The first kappa shape index (κ1) is 22.5. The van der Waals surface area contributed by atoms with Crippen molar-refractivity contribution in [3.05, 3.63) is 54.3 Å². The number of nitrogens with one attached hydrogen (secondary N) is 1. The van der Waals surface area contributed by atoms with Gasteiger partial charge in [0.15, 0.2) is 0 Å². The maximum Gasteiger partial charge on any atom is 0.253 e. The Morgan fingerprint density at radius 2 is 1.97 bits per heavy atom. The number of ether oxygens (including phenoxy) is 1. The minimum absolute atomic E-state index is 0.0445. The number of imidazole rings is 1. The minimum atomic E-state index is -0.0445. The molecule has 4 aliphatic carbocycles. The monoisotopic (exact) mass is 473 g/mol. The van der Waals surface area contributed by atoms with Gasteiger partial charge in [-0.3, -0.25) is 4.79 Å². The molecular weight excluding hydrogens is 438 g/mol. The summed E-state index contributed by atoms with van der Waals surface area (Å²) in [6, 6.07) is 1.92. The van der Waals surface area contributed by atoms with E-state index in [4.69, 9.17) is 4.74 Å². The summed E-state index contributed by atoms with van der Waals surface area (Å²) < 4.78 is 7.53. The lowest BCUT2D eigenvalue weighted by atomic mass is 9.47. The van der Waals surface area contributed by atoms with E-state index >= 15 is 0 Å².